The third kappa shape index (κ3) is 16.4. The van der Waals surface area contributed by atoms with Gasteiger partial charge in [-0.15, -0.1) is 6.58 Å². The molecule has 0 saturated heterocycles. The van der Waals surface area contributed by atoms with Crippen molar-refractivity contribution in [2.45, 2.75) is 58.5 Å². The lowest BCUT2D eigenvalue weighted by atomic mass is 10.1. The third-order valence-corrected chi connectivity index (χ3v) is 2.35. The fourth-order valence-corrected chi connectivity index (χ4v) is 1.30. The van der Waals surface area contributed by atoms with E-state index in [1.165, 1.54) is 25.0 Å². The molecule has 1 unspecified atom stereocenters. The van der Waals surface area contributed by atoms with Crippen molar-refractivity contribution in [3.63, 3.8) is 0 Å². The molecule has 1 N–H and O–H groups in total. The van der Waals surface area contributed by atoms with Crippen LogP contribution in [0.1, 0.15) is 52.4 Å². The third-order valence-electron chi connectivity index (χ3n) is 2.35. The molecular weight excluding hydrogens is 244 g/mol. The Balaban J connectivity index is 0. The van der Waals surface area contributed by atoms with E-state index in [0.29, 0.717) is 0 Å². The van der Waals surface area contributed by atoms with Crippen molar-refractivity contribution >= 4 is 11.9 Å². The fourth-order valence-electron chi connectivity index (χ4n) is 1.30. The number of carbonyl (C=O) groups excluding carboxylic acids is 1. The predicted octanol–water partition coefficient (Wildman–Crippen LogP) is 3.72. The van der Waals surface area contributed by atoms with Crippen LogP contribution < -0.4 is 0 Å². The number of unbranched alkanes of at least 4 members (excludes halogenated alkanes) is 2. The minimum absolute atomic E-state index is 0.0556. The van der Waals surface area contributed by atoms with Crippen LogP contribution in [0.5, 0.6) is 0 Å². The highest BCUT2D eigenvalue weighted by atomic mass is 16.5. The normalized spacial score (nSPS) is 10.6. The summed E-state index contributed by atoms with van der Waals surface area (Å²) in [4.78, 5) is 20.4. The lowest BCUT2D eigenvalue weighted by Crippen LogP contribution is -2.15. The summed E-state index contributed by atoms with van der Waals surface area (Å²) in [5.41, 5.74) is 0. The van der Waals surface area contributed by atoms with E-state index in [9.17, 15) is 9.59 Å². The van der Waals surface area contributed by atoms with Crippen molar-refractivity contribution in [2.75, 3.05) is 0 Å². The number of hydrogen-bond donors (Lipinski definition) is 1. The Bertz CT molecular complexity index is 271. The molecule has 0 aliphatic rings. The molecule has 0 aromatic carbocycles. The highest BCUT2D eigenvalue weighted by Crippen LogP contribution is 2.10. The van der Waals surface area contributed by atoms with E-state index in [4.69, 9.17) is 9.84 Å². The maximum absolute atomic E-state index is 10.9. The predicted molar refractivity (Wildman–Crippen MR) is 77.0 cm³/mol. The van der Waals surface area contributed by atoms with Gasteiger partial charge in [-0.2, -0.15) is 0 Å². The van der Waals surface area contributed by atoms with Gasteiger partial charge < -0.3 is 9.84 Å². The Kier molecular flexibility index (Phi) is 15.1. The van der Waals surface area contributed by atoms with Gasteiger partial charge in [0.15, 0.2) is 0 Å². The second kappa shape index (κ2) is 14.5. The van der Waals surface area contributed by atoms with Crippen LogP contribution in [-0.4, -0.2) is 23.1 Å². The Morgan fingerprint density at radius 2 is 1.89 bits per heavy atom. The number of carboxylic acid groups (broad SMARTS) is 1. The summed E-state index contributed by atoms with van der Waals surface area (Å²) in [5, 5.41) is 7.84. The molecule has 0 amide bonds. The maximum atomic E-state index is 10.9. The average Bonchev–Trinajstić information content (AvgIpc) is 2.38. The van der Waals surface area contributed by atoms with Crippen LogP contribution in [0.2, 0.25) is 0 Å². The number of rotatable bonds is 9. The smallest absolute Gasteiger partial charge is 0.330 e. The first-order chi connectivity index (χ1) is 9.01. The van der Waals surface area contributed by atoms with E-state index >= 15 is 0 Å². The number of esters is 1. The van der Waals surface area contributed by atoms with Crippen molar-refractivity contribution in [3.05, 3.63) is 25.3 Å². The standard InChI is InChI=1S/C11H20O2.C4H6O2/c1-4-7-8-9-10(5-2)13-11(12)6-3;1-2-3-4(5)6/h6,10H,3-5,7-9H2,1-2H3;2H,1,3H2,(H,5,6). The van der Waals surface area contributed by atoms with Crippen LogP contribution in [-0.2, 0) is 14.3 Å². The molecule has 19 heavy (non-hydrogen) atoms. The van der Waals surface area contributed by atoms with Gasteiger partial charge in [0, 0.05) is 6.08 Å². The molecule has 0 aliphatic carbocycles. The second-order valence-corrected chi connectivity index (χ2v) is 4.05. The first-order valence-corrected chi connectivity index (χ1v) is 6.67. The van der Waals surface area contributed by atoms with Crippen LogP contribution in [0.15, 0.2) is 25.3 Å². The molecular formula is C15H26O4. The molecule has 0 aliphatic heterocycles. The number of ether oxygens (including phenoxy) is 1. The largest absolute Gasteiger partial charge is 0.481 e. The van der Waals surface area contributed by atoms with Gasteiger partial charge in [0.05, 0.1) is 6.42 Å². The van der Waals surface area contributed by atoms with Gasteiger partial charge in [0.25, 0.3) is 0 Å². The summed E-state index contributed by atoms with van der Waals surface area (Å²) in [6, 6.07) is 0. The second-order valence-electron chi connectivity index (χ2n) is 4.05. The maximum Gasteiger partial charge on any atom is 0.330 e. The summed E-state index contributed by atoms with van der Waals surface area (Å²) in [6.45, 7) is 10.8. The van der Waals surface area contributed by atoms with Gasteiger partial charge in [-0.1, -0.05) is 39.3 Å². The summed E-state index contributed by atoms with van der Waals surface area (Å²) in [6.07, 6.45) is 8.13. The van der Waals surface area contributed by atoms with Gasteiger partial charge in [-0.3, -0.25) is 4.79 Å². The van der Waals surface area contributed by atoms with Crippen LogP contribution in [0.4, 0.5) is 0 Å². The van der Waals surface area contributed by atoms with Gasteiger partial charge >= 0.3 is 11.9 Å². The van der Waals surface area contributed by atoms with Gasteiger partial charge in [0.1, 0.15) is 6.10 Å². The highest BCUT2D eigenvalue weighted by molar-refractivity contribution is 5.81. The van der Waals surface area contributed by atoms with E-state index < -0.39 is 5.97 Å². The molecule has 4 nitrogen and oxygen atoms in total. The molecule has 0 spiro atoms. The zero-order valence-electron chi connectivity index (χ0n) is 12.1. The van der Waals surface area contributed by atoms with Gasteiger partial charge in [-0.05, 0) is 19.3 Å². The summed E-state index contributed by atoms with van der Waals surface area (Å²) < 4.78 is 5.14. The average molecular weight is 270 g/mol. The van der Waals surface area contributed by atoms with Crippen molar-refractivity contribution in [1.29, 1.82) is 0 Å². The minimum Gasteiger partial charge on any atom is -0.481 e. The van der Waals surface area contributed by atoms with Crippen molar-refractivity contribution in [2.24, 2.45) is 0 Å². The molecule has 0 fully saturated rings. The molecule has 0 aromatic heterocycles. The SMILES string of the molecule is C=CC(=O)OC(CC)CCCCC.C=CCC(=O)O. The lowest BCUT2D eigenvalue weighted by molar-refractivity contribution is -0.143. The summed E-state index contributed by atoms with van der Waals surface area (Å²) in [7, 11) is 0. The van der Waals surface area contributed by atoms with Gasteiger partial charge in [0.2, 0.25) is 0 Å². The van der Waals surface area contributed by atoms with Gasteiger partial charge in [-0.25, -0.2) is 4.79 Å². The van der Waals surface area contributed by atoms with Crippen molar-refractivity contribution in [3.8, 4) is 0 Å². The Morgan fingerprint density at radius 3 is 2.21 bits per heavy atom. The van der Waals surface area contributed by atoms with E-state index in [1.807, 2.05) is 6.92 Å². The zero-order valence-corrected chi connectivity index (χ0v) is 12.1. The van der Waals surface area contributed by atoms with Crippen LogP contribution >= 0.6 is 0 Å². The van der Waals surface area contributed by atoms with Crippen molar-refractivity contribution < 1.29 is 19.4 Å². The first-order valence-electron chi connectivity index (χ1n) is 6.67. The molecule has 0 bridgehead atoms. The summed E-state index contributed by atoms with van der Waals surface area (Å²) in [5.74, 6) is -1.13. The Labute approximate surface area is 116 Å². The summed E-state index contributed by atoms with van der Waals surface area (Å²) >= 11 is 0. The number of hydrogen-bond acceptors (Lipinski definition) is 3. The van der Waals surface area contributed by atoms with Crippen LogP contribution in [0.25, 0.3) is 0 Å². The van der Waals surface area contributed by atoms with Crippen molar-refractivity contribution in [1.82, 2.24) is 0 Å². The molecule has 0 aromatic rings. The quantitative estimate of drug-likeness (QED) is 0.300. The fraction of sp³-hybridized carbons (Fsp3) is 0.600. The lowest BCUT2D eigenvalue weighted by Gasteiger charge is -2.14. The Hall–Kier alpha value is -1.58. The Morgan fingerprint density at radius 1 is 1.26 bits per heavy atom. The van der Waals surface area contributed by atoms with E-state index in [-0.39, 0.29) is 18.5 Å². The van der Waals surface area contributed by atoms with Crippen LogP contribution in [0.3, 0.4) is 0 Å². The highest BCUT2D eigenvalue weighted by Gasteiger charge is 2.08. The molecule has 0 rings (SSSR count). The van der Waals surface area contributed by atoms with E-state index in [0.717, 1.165) is 19.3 Å². The molecule has 0 saturated carbocycles. The molecule has 1 atom stereocenters. The topological polar surface area (TPSA) is 63.6 Å². The molecule has 110 valence electrons. The van der Waals surface area contributed by atoms with E-state index in [2.05, 4.69) is 20.1 Å². The van der Waals surface area contributed by atoms with Crippen LogP contribution in [0, 0.1) is 0 Å². The number of carboxylic acids is 1. The number of aliphatic carboxylic acids is 1. The molecule has 4 heteroatoms. The van der Waals surface area contributed by atoms with E-state index in [1.54, 1.807) is 0 Å². The zero-order chi connectivity index (χ0) is 15.1. The monoisotopic (exact) mass is 270 g/mol. The minimum atomic E-state index is -0.829. The first kappa shape index (κ1) is 19.8. The number of carbonyl (C=O) groups is 2. The molecule has 0 radical (unpaired) electrons. The molecule has 0 heterocycles.